The summed E-state index contributed by atoms with van der Waals surface area (Å²) >= 11 is 1.05. The summed E-state index contributed by atoms with van der Waals surface area (Å²) in [5.41, 5.74) is 1.26. The Morgan fingerprint density at radius 2 is 1.92 bits per heavy atom. The van der Waals surface area contributed by atoms with Crippen molar-refractivity contribution in [1.29, 1.82) is 0 Å². The number of nitrogens with zero attached hydrogens (tertiary/aromatic N) is 1. The second-order valence-electron chi connectivity index (χ2n) is 6.77. The highest BCUT2D eigenvalue weighted by Gasteiger charge is 2.41. The van der Waals surface area contributed by atoms with E-state index < -0.39 is 0 Å². The van der Waals surface area contributed by atoms with Crippen molar-refractivity contribution < 1.29 is 14.4 Å². The number of carbonyl (C=O) groups excluding carboxylic acids is 3. The van der Waals surface area contributed by atoms with Crippen LogP contribution >= 0.6 is 11.8 Å². The summed E-state index contributed by atoms with van der Waals surface area (Å²) in [4.78, 5) is 37.6. The molecule has 6 nitrogen and oxygen atoms in total. The summed E-state index contributed by atoms with van der Waals surface area (Å²) in [6.07, 6.45) is 5.31. The SMILES string of the molecule is O=C(NCCCc1ccccc1)NC1CCCCC1N1C(=O)CSC1=O. The lowest BCUT2D eigenvalue weighted by Crippen LogP contribution is -2.56. The summed E-state index contributed by atoms with van der Waals surface area (Å²) in [6, 6.07) is 9.57. The minimum Gasteiger partial charge on any atom is -0.338 e. The molecule has 2 unspecified atom stereocenters. The van der Waals surface area contributed by atoms with Gasteiger partial charge < -0.3 is 10.6 Å². The highest BCUT2D eigenvalue weighted by Crippen LogP contribution is 2.30. The zero-order valence-corrected chi connectivity index (χ0v) is 15.6. The van der Waals surface area contributed by atoms with Gasteiger partial charge in [0.15, 0.2) is 0 Å². The summed E-state index contributed by atoms with van der Waals surface area (Å²) in [7, 11) is 0. The van der Waals surface area contributed by atoms with E-state index in [9.17, 15) is 14.4 Å². The van der Waals surface area contributed by atoms with Crippen LogP contribution in [0.5, 0.6) is 0 Å². The smallest absolute Gasteiger partial charge is 0.315 e. The van der Waals surface area contributed by atoms with Crippen LogP contribution in [0.25, 0.3) is 0 Å². The molecular formula is C19H25N3O3S. The average molecular weight is 375 g/mol. The molecule has 1 saturated carbocycles. The number of amides is 4. The molecule has 0 aromatic heterocycles. The predicted molar refractivity (Wildman–Crippen MR) is 102 cm³/mol. The maximum atomic E-state index is 12.2. The van der Waals surface area contributed by atoms with Gasteiger partial charge in [-0.3, -0.25) is 14.5 Å². The Hall–Kier alpha value is -2.02. The van der Waals surface area contributed by atoms with Crippen LogP contribution in [0.1, 0.15) is 37.7 Å². The van der Waals surface area contributed by atoms with Gasteiger partial charge in [0.05, 0.1) is 17.8 Å². The number of carbonyl (C=O) groups is 3. The molecule has 1 saturated heterocycles. The van der Waals surface area contributed by atoms with E-state index in [2.05, 4.69) is 22.8 Å². The number of imide groups is 1. The lowest BCUT2D eigenvalue weighted by Gasteiger charge is -2.36. The number of hydrogen-bond donors (Lipinski definition) is 2. The Morgan fingerprint density at radius 1 is 1.15 bits per heavy atom. The minimum absolute atomic E-state index is 0.137. The van der Waals surface area contributed by atoms with Crippen LogP contribution in [0.15, 0.2) is 30.3 Å². The molecular weight excluding hydrogens is 350 g/mol. The van der Waals surface area contributed by atoms with E-state index in [1.54, 1.807) is 0 Å². The molecule has 1 aromatic carbocycles. The van der Waals surface area contributed by atoms with Crippen molar-refractivity contribution in [3.05, 3.63) is 35.9 Å². The van der Waals surface area contributed by atoms with E-state index >= 15 is 0 Å². The zero-order valence-electron chi connectivity index (χ0n) is 14.8. The third kappa shape index (κ3) is 4.78. The monoisotopic (exact) mass is 375 g/mol. The highest BCUT2D eigenvalue weighted by atomic mass is 32.2. The van der Waals surface area contributed by atoms with Crippen LogP contribution in [0.3, 0.4) is 0 Å². The van der Waals surface area contributed by atoms with Crippen molar-refractivity contribution in [2.24, 2.45) is 0 Å². The number of nitrogens with one attached hydrogen (secondary N) is 2. The molecule has 140 valence electrons. The van der Waals surface area contributed by atoms with E-state index in [0.717, 1.165) is 50.3 Å². The van der Waals surface area contributed by atoms with Crippen LogP contribution in [-0.4, -0.2) is 46.5 Å². The standard InChI is InChI=1S/C19H25N3O3S/c23-17-13-26-19(25)22(17)16-11-5-4-10-15(16)21-18(24)20-12-6-9-14-7-2-1-3-8-14/h1-3,7-8,15-16H,4-6,9-13H2,(H2,20,21,24). The summed E-state index contributed by atoms with van der Waals surface area (Å²) in [5, 5.41) is 5.69. The Bertz CT molecular complexity index is 637. The van der Waals surface area contributed by atoms with Crippen molar-refractivity contribution >= 4 is 28.9 Å². The van der Waals surface area contributed by atoms with Gasteiger partial charge in [-0.1, -0.05) is 54.9 Å². The van der Waals surface area contributed by atoms with Gasteiger partial charge in [0.2, 0.25) is 5.91 Å². The van der Waals surface area contributed by atoms with Crippen molar-refractivity contribution in [2.75, 3.05) is 12.3 Å². The Labute approximate surface area is 158 Å². The zero-order chi connectivity index (χ0) is 18.4. The molecule has 2 fully saturated rings. The van der Waals surface area contributed by atoms with Crippen LogP contribution in [0.4, 0.5) is 9.59 Å². The van der Waals surface area contributed by atoms with Crippen molar-refractivity contribution in [3.8, 4) is 0 Å². The van der Waals surface area contributed by atoms with E-state index in [1.165, 1.54) is 10.5 Å². The molecule has 0 radical (unpaired) electrons. The molecule has 0 spiro atoms. The third-order valence-electron chi connectivity index (χ3n) is 4.93. The van der Waals surface area contributed by atoms with Gasteiger partial charge in [-0.2, -0.15) is 0 Å². The van der Waals surface area contributed by atoms with Crippen LogP contribution in [0, 0.1) is 0 Å². The van der Waals surface area contributed by atoms with Gasteiger partial charge in [-0.25, -0.2) is 4.79 Å². The van der Waals surface area contributed by atoms with Gasteiger partial charge in [0.1, 0.15) is 0 Å². The molecule has 26 heavy (non-hydrogen) atoms. The fourth-order valence-electron chi connectivity index (χ4n) is 3.63. The molecule has 7 heteroatoms. The lowest BCUT2D eigenvalue weighted by atomic mass is 9.89. The summed E-state index contributed by atoms with van der Waals surface area (Å²) < 4.78 is 0. The first-order chi connectivity index (χ1) is 12.6. The second kappa shape index (κ2) is 9.07. The van der Waals surface area contributed by atoms with E-state index in [4.69, 9.17) is 0 Å². The second-order valence-corrected chi connectivity index (χ2v) is 7.69. The third-order valence-corrected chi connectivity index (χ3v) is 5.77. The molecule has 1 heterocycles. The molecule has 2 N–H and O–H groups in total. The maximum absolute atomic E-state index is 12.2. The van der Waals surface area contributed by atoms with Gasteiger partial charge >= 0.3 is 6.03 Å². The molecule has 4 amide bonds. The molecule has 0 bridgehead atoms. The van der Waals surface area contributed by atoms with Crippen molar-refractivity contribution in [2.45, 2.75) is 50.6 Å². The van der Waals surface area contributed by atoms with Crippen LogP contribution in [-0.2, 0) is 11.2 Å². The topological polar surface area (TPSA) is 78.5 Å². The fraction of sp³-hybridized carbons (Fsp3) is 0.526. The normalized spacial score (nSPS) is 23.2. The highest BCUT2D eigenvalue weighted by molar-refractivity contribution is 8.14. The average Bonchev–Trinajstić information content (AvgIpc) is 2.99. The van der Waals surface area contributed by atoms with E-state index in [1.807, 2.05) is 18.2 Å². The Kier molecular flexibility index (Phi) is 6.55. The first kappa shape index (κ1) is 18.8. The van der Waals surface area contributed by atoms with Gasteiger partial charge in [0, 0.05) is 6.54 Å². The van der Waals surface area contributed by atoms with Gasteiger partial charge in [-0.15, -0.1) is 0 Å². The van der Waals surface area contributed by atoms with Gasteiger partial charge in [-0.05, 0) is 31.2 Å². The predicted octanol–water partition coefficient (Wildman–Crippen LogP) is 2.93. The number of benzene rings is 1. The Morgan fingerprint density at radius 3 is 2.65 bits per heavy atom. The molecule has 1 aromatic rings. The van der Waals surface area contributed by atoms with Crippen LogP contribution < -0.4 is 10.6 Å². The van der Waals surface area contributed by atoms with Crippen molar-refractivity contribution in [1.82, 2.24) is 15.5 Å². The minimum atomic E-state index is -0.221. The van der Waals surface area contributed by atoms with E-state index in [0.29, 0.717) is 6.54 Å². The van der Waals surface area contributed by atoms with Crippen molar-refractivity contribution in [3.63, 3.8) is 0 Å². The van der Waals surface area contributed by atoms with E-state index in [-0.39, 0.29) is 35.0 Å². The van der Waals surface area contributed by atoms with Gasteiger partial charge in [0.25, 0.3) is 5.24 Å². The number of aryl methyl sites for hydroxylation is 1. The Balaban J connectivity index is 1.46. The molecule has 1 aliphatic carbocycles. The number of hydrogen-bond acceptors (Lipinski definition) is 4. The number of urea groups is 1. The number of rotatable bonds is 6. The quantitative estimate of drug-likeness (QED) is 0.750. The lowest BCUT2D eigenvalue weighted by molar-refractivity contribution is -0.127. The maximum Gasteiger partial charge on any atom is 0.315 e. The molecule has 1 aliphatic heterocycles. The summed E-state index contributed by atoms with van der Waals surface area (Å²) in [5.74, 6) is 0.0789. The molecule has 2 atom stereocenters. The first-order valence-corrected chi connectivity index (χ1v) is 10.2. The molecule has 3 rings (SSSR count). The fourth-order valence-corrected chi connectivity index (χ4v) is 4.39. The first-order valence-electron chi connectivity index (χ1n) is 9.22. The largest absolute Gasteiger partial charge is 0.338 e. The summed E-state index contributed by atoms with van der Waals surface area (Å²) in [6.45, 7) is 0.593. The number of thioether (sulfide) groups is 1. The van der Waals surface area contributed by atoms with Crippen LogP contribution in [0.2, 0.25) is 0 Å². The molecule has 2 aliphatic rings.